The third-order valence-corrected chi connectivity index (χ3v) is 4.48. The molecule has 2 aromatic carbocycles. The summed E-state index contributed by atoms with van der Waals surface area (Å²) in [6.45, 7) is 1.18. The monoisotopic (exact) mass is 389 g/mol. The number of nitrogens with one attached hydrogen (secondary N) is 2. The van der Waals surface area contributed by atoms with Crippen LogP contribution in [0.2, 0.25) is 0 Å². The number of halogens is 2. The van der Waals surface area contributed by atoms with Gasteiger partial charge in [0.05, 0.1) is 11.7 Å². The molecule has 2 heterocycles. The highest BCUT2D eigenvalue weighted by Gasteiger charge is 2.32. The molecule has 1 fully saturated rings. The topological polar surface area (TPSA) is 79.9 Å². The Labute approximate surface area is 159 Å². The fourth-order valence-electron chi connectivity index (χ4n) is 3.19. The number of amides is 3. The van der Waals surface area contributed by atoms with Crippen molar-refractivity contribution < 1.29 is 27.8 Å². The number of fused-ring (bicyclic) bond motifs is 1. The summed E-state index contributed by atoms with van der Waals surface area (Å²) in [4.78, 5) is 26.0. The summed E-state index contributed by atoms with van der Waals surface area (Å²) in [7, 11) is 0. The van der Waals surface area contributed by atoms with Gasteiger partial charge in [0.15, 0.2) is 11.5 Å². The van der Waals surface area contributed by atoms with E-state index in [1.54, 1.807) is 23.1 Å². The maximum absolute atomic E-state index is 13.6. The zero-order valence-electron chi connectivity index (χ0n) is 14.7. The summed E-state index contributed by atoms with van der Waals surface area (Å²) < 4.78 is 37.6. The smallest absolute Gasteiger partial charge is 0.319 e. The van der Waals surface area contributed by atoms with E-state index in [2.05, 4.69) is 10.6 Å². The highest BCUT2D eigenvalue weighted by atomic mass is 19.1. The molecule has 2 aromatic rings. The Morgan fingerprint density at radius 1 is 1.07 bits per heavy atom. The first kappa shape index (κ1) is 18.0. The minimum atomic E-state index is -0.879. The van der Waals surface area contributed by atoms with E-state index in [9.17, 15) is 18.4 Å². The van der Waals surface area contributed by atoms with Crippen molar-refractivity contribution in [3.63, 3.8) is 0 Å². The molecule has 0 spiro atoms. The van der Waals surface area contributed by atoms with Crippen LogP contribution in [-0.4, -0.2) is 37.7 Å². The second kappa shape index (κ2) is 7.34. The number of ether oxygens (including phenoxy) is 2. The molecule has 2 N–H and O–H groups in total. The average molecular weight is 389 g/mol. The van der Waals surface area contributed by atoms with E-state index in [-0.39, 0.29) is 24.6 Å². The van der Waals surface area contributed by atoms with Gasteiger partial charge in [-0.15, -0.1) is 0 Å². The fourth-order valence-corrected chi connectivity index (χ4v) is 3.19. The Hall–Kier alpha value is -3.36. The van der Waals surface area contributed by atoms with Crippen LogP contribution in [0.4, 0.5) is 25.0 Å². The average Bonchev–Trinajstić information content (AvgIpc) is 3.03. The summed E-state index contributed by atoms with van der Waals surface area (Å²) in [6.07, 6.45) is 0.105. The number of carbonyl (C=O) groups excluding carboxylic acids is 2. The van der Waals surface area contributed by atoms with Gasteiger partial charge in [-0.05, 0) is 24.3 Å². The lowest BCUT2D eigenvalue weighted by Gasteiger charge is -2.22. The van der Waals surface area contributed by atoms with Gasteiger partial charge in [-0.3, -0.25) is 4.79 Å². The third kappa shape index (κ3) is 3.68. The number of hydrogen-bond donors (Lipinski definition) is 2. The second-order valence-corrected chi connectivity index (χ2v) is 6.46. The van der Waals surface area contributed by atoms with E-state index in [4.69, 9.17) is 9.47 Å². The third-order valence-electron chi connectivity index (χ3n) is 4.48. The van der Waals surface area contributed by atoms with Gasteiger partial charge in [0.25, 0.3) is 0 Å². The molecule has 9 heteroatoms. The van der Waals surface area contributed by atoms with Gasteiger partial charge in [0, 0.05) is 30.8 Å². The van der Waals surface area contributed by atoms with Gasteiger partial charge in [0.1, 0.15) is 24.8 Å². The summed E-state index contributed by atoms with van der Waals surface area (Å²) in [5.74, 6) is -0.583. The largest absolute Gasteiger partial charge is 0.486 e. The highest BCUT2D eigenvalue weighted by molar-refractivity contribution is 5.98. The molecule has 1 saturated heterocycles. The van der Waals surface area contributed by atoms with Crippen molar-refractivity contribution in [2.75, 3.05) is 30.0 Å². The Balaban J connectivity index is 1.40. The van der Waals surface area contributed by atoms with Crippen LogP contribution in [0.15, 0.2) is 36.4 Å². The first-order chi connectivity index (χ1) is 13.5. The number of nitrogens with zero attached hydrogens (tertiary/aromatic N) is 1. The van der Waals surface area contributed by atoms with E-state index in [1.165, 1.54) is 0 Å². The van der Waals surface area contributed by atoms with Gasteiger partial charge in [-0.25, -0.2) is 13.6 Å². The van der Waals surface area contributed by atoms with E-state index in [0.29, 0.717) is 36.5 Å². The molecule has 4 rings (SSSR count). The van der Waals surface area contributed by atoms with Crippen LogP contribution < -0.4 is 25.0 Å². The normalized spacial score (nSPS) is 18.1. The molecule has 0 radical (unpaired) electrons. The molecule has 2 aliphatic heterocycles. The van der Waals surface area contributed by atoms with E-state index < -0.39 is 23.7 Å². The summed E-state index contributed by atoms with van der Waals surface area (Å²) in [5, 5.41) is 4.95. The van der Waals surface area contributed by atoms with E-state index >= 15 is 0 Å². The summed E-state index contributed by atoms with van der Waals surface area (Å²) in [6, 6.07) is 6.94. The molecule has 2 aliphatic rings. The van der Waals surface area contributed by atoms with Crippen LogP contribution in [0.3, 0.4) is 0 Å². The van der Waals surface area contributed by atoms with E-state index in [1.807, 2.05) is 0 Å². The van der Waals surface area contributed by atoms with Crippen LogP contribution in [0.5, 0.6) is 11.5 Å². The molecule has 7 nitrogen and oxygen atoms in total. The Bertz CT molecular complexity index is 937. The molecule has 0 aliphatic carbocycles. The van der Waals surface area contributed by atoms with Crippen molar-refractivity contribution in [1.82, 2.24) is 5.32 Å². The Morgan fingerprint density at radius 2 is 1.86 bits per heavy atom. The standard InChI is InChI=1S/C19H17F2N3O4/c20-11-1-3-15(14(21)7-11)23-19(26)22-12-8-18(25)24(10-12)13-2-4-16-17(9-13)28-6-5-27-16/h1-4,7,9,12H,5-6,8,10H2,(H2,22,23,26)/t12-/m0/s1. The van der Waals surface area contributed by atoms with Crippen molar-refractivity contribution in [3.05, 3.63) is 48.0 Å². The lowest BCUT2D eigenvalue weighted by atomic mass is 10.2. The summed E-state index contributed by atoms with van der Waals surface area (Å²) >= 11 is 0. The predicted molar refractivity (Wildman–Crippen MR) is 96.7 cm³/mol. The zero-order valence-corrected chi connectivity index (χ0v) is 14.7. The minimum absolute atomic E-state index is 0.105. The van der Waals surface area contributed by atoms with Gasteiger partial charge < -0.3 is 25.0 Å². The van der Waals surface area contributed by atoms with Crippen molar-refractivity contribution in [1.29, 1.82) is 0 Å². The predicted octanol–water partition coefficient (Wildman–Crippen LogP) is 2.66. The number of urea groups is 1. The van der Waals surface area contributed by atoms with Crippen LogP contribution >= 0.6 is 0 Å². The maximum Gasteiger partial charge on any atom is 0.319 e. The first-order valence-electron chi connectivity index (χ1n) is 8.72. The Kier molecular flexibility index (Phi) is 4.72. The SMILES string of the molecule is O=C(Nc1ccc(F)cc1F)N[C@H]1CC(=O)N(c2ccc3c(c2)OCCO3)C1. The van der Waals surface area contributed by atoms with Crippen molar-refractivity contribution in [2.45, 2.75) is 12.5 Å². The Morgan fingerprint density at radius 3 is 2.64 bits per heavy atom. The van der Waals surface area contributed by atoms with E-state index in [0.717, 1.165) is 12.1 Å². The molecule has 28 heavy (non-hydrogen) atoms. The number of carbonyl (C=O) groups is 2. The van der Waals surface area contributed by atoms with Crippen LogP contribution in [0, 0.1) is 11.6 Å². The van der Waals surface area contributed by atoms with Gasteiger partial charge in [-0.1, -0.05) is 0 Å². The van der Waals surface area contributed by atoms with Gasteiger partial charge >= 0.3 is 6.03 Å². The summed E-state index contributed by atoms with van der Waals surface area (Å²) in [5.41, 5.74) is 0.496. The molecule has 0 bridgehead atoms. The lowest BCUT2D eigenvalue weighted by Crippen LogP contribution is -2.39. The van der Waals surface area contributed by atoms with Crippen molar-refractivity contribution in [3.8, 4) is 11.5 Å². The van der Waals surface area contributed by atoms with Crippen molar-refractivity contribution >= 4 is 23.3 Å². The lowest BCUT2D eigenvalue weighted by molar-refractivity contribution is -0.117. The minimum Gasteiger partial charge on any atom is -0.486 e. The molecule has 0 aromatic heterocycles. The molecule has 1 atom stereocenters. The molecule has 0 saturated carbocycles. The van der Waals surface area contributed by atoms with Gasteiger partial charge in [-0.2, -0.15) is 0 Å². The molecule has 3 amide bonds. The van der Waals surface area contributed by atoms with Gasteiger partial charge in [0.2, 0.25) is 5.91 Å². The molecule has 146 valence electrons. The molecular formula is C19H17F2N3O4. The maximum atomic E-state index is 13.6. The second-order valence-electron chi connectivity index (χ2n) is 6.46. The number of hydrogen-bond acceptors (Lipinski definition) is 4. The fraction of sp³-hybridized carbons (Fsp3) is 0.263. The quantitative estimate of drug-likeness (QED) is 0.846. The zero-order chi connectivity index (χ0) is 19.7. The highest BCUT2D eigenvalue weighted by Crippen LogP contribution is 2.35. The molecular weight excluding hydrogens is 372 g/mol. The first-order valence-corrected chi connectivity index (χ1v) is 8.72. The number of anilines is 2. The van der Waals surface area contributed by atoms with Crippen molar-refractivity contribution in [2.24, 2.45) is 0 Å². The van der Waals surface area contributed by atoms with Crippen LogP contribution in [-0.2, 0) is 4.79 Å². The number of rotatable bonds is 3. The number of benzene rings is 2. The molecule has 0 unspecified atom stereocenters. The van der Waals surface area contributed by atoms with Crippen LogP contribution in [0.25, 0.3) is 0 Å². The van der Waals surface area contributed by atoms with Crippen LogP contribution in [0.1, 0.15) is 6.42 Å².